The first-order valence-electron chi connectivity index (χ1n) is 6.87. The van der Waals surface area contributed by atoms with E-state index in [0.29, 0.717) is 5.69 Å². The smallest absolute Gasteiger partial charge is 0.269 e. The molecule has 2 aromatic rings. The van der Waals surface area contributed by atoms with Gasteiger partial charge >= 0.3 is 0 Å². The Morgan fingerprint density at radius 2 is 2.05 bits per heavy atom. The van der Waals surface area contributed by atoms with Gasteiger partial charge in [0.1, 0.15) is 0 Å². The fourth-order valence-electron chi connectivity index (χ4n) is 1.97. The summed E-state index contributed by atoms with van der Waals surface area (Å²) in [5, 5.41) is 15.3. The molecule has 0 unspecified atom stereocenters. The highest BCUT2D eigenvalue weighted by atomic mass is 32.1. The first-order chi connectivity index (χ1) is 10.6. The minimum absolute atomic E-state index is 0.00544. The van der Waals surface area contributed by atoms with Crippen molar-refractivity contribution < 1.29 is 9.72 Å². The molecule has 1 N–H and O–H groups in total. The summed E-state index contributed by atoms with van der Waals surface area (Å²) in [5.74, 6) is -0.132. The maximum absolute atomic E-state index is 12.0. The summed E-state index contributed by atoms with van der Waals surface area (Å²) in [6, 6.07) is 9.85. The number of benzene rings is 1. The van der Waals surface area contributed by atoms with E-state index in [1.807, 2.05) is 29.3 Å². The van der Waals surface area contributed by atoms with Gasteiger partial charge in [-0.3, -0.25) is 19.8 Å². The Labute approximate surface area is 132 Å². The Hall–Kier alpha value is -2.25. The van der Waals surface area contributed by atoms with Crippen molar-refractivity contribution >= 4 is 28.6 Å². The molecule has 0 atom stereocenters. The number of rotatable bonds is 7. The van der Waals surface area contributed by atoms with E-state index in [0.717, 1.165) is 13.1 Å². The third-order valence-electron chi connectivity index (χ3n) is 3.14. The lowest BCUT2D eigenvalue weighted by Crippen LogP contribution is -2.32. The van der Waals surface area contributed by atoms with E-state index in [1.165, 1.54) is 29.1 Å². The fourth-order valence-corrected chi connectivity index (χ4v) is 2.72. The first kappa shape index (κ1) is 16.1. The second-order valence-electron chi connectivity index (χ2n) is 4.73. The largest absolute Gasteiger partial charge is 0.325 e. The number of thiophene rings is 1. The standard InChI is InChI=1S/C15H17N3O3S/c1-2-17(10-14-4-3-9-22-14)11-15(19)16-12-5-7-13(8-6-12)18(20)21/h3-9H,2,10-11H2,1H3,(H,16,19). The van der Waals surface area contributed by atoms with Gasteiger partial charge in [-0.1, -0.05) is 13.0 Å². The quantitative estimate of drug-likeness (QED) is 0.628. The molecule has 116 valence electrons. The van der Waals surface area contributed by atoms with Crippen LogP contribution < -0.4 is 5.32 Å². The van der Waals surface area contributed by atoms with Gasteiger partial charge in [-0.2, -0.15) is 0 Å². The maximum atomic E-state index is 12.0. The fraction of sp³-hybridized carbons (Fsp3) is 0.267. The van der Waals surface area contributed by atoms with Crippen LogP contribution in [0, 0.1) is 10.1 Å². The Morgan fingerprint density at radius 1 is 1.32 bits per heavy atom. The van der Waals surface area contributed by atoms with Gasteiger partial charge in [0, 0.05) is 29.2 Å². The van der Waals surface area contributed by atoms with Crippen LogP contribution in [0.5, 0.6) is 0 Å². The summed E-state index contributed by atoms with van der Waals surface area (Å²) in [6.07, 6.45) is 0. The molecule has 0 aliphatic heterocycles. The Morgan fingerprint density at radius 3 is 2.59 bits per heavy atom. The van der Waals surface area contributed by atoms with E-state index >= 15 is 0 Å². The number of nitro benzene ring substituents is 1. The number of nitrogens with one attached hydrogen (secondary N) is 1. The van der Waals surface area contributed by atoms with E-state index in [2.05, 4.69) is 5.32 Å². The minimum atomic E-state index is -0.467. The molecule has 0 aliphatic carbocycles. The lowest BCUT2D eigenvalue weighted by Gasteiger charge is -2.18. The number of likely N-dealkylation sites (N-methyl/N-ethyl adjacent to an activating group) is 1. The molecule has 1 amide bonds. The lowest BCUT2D eigenvalue weighted by atomic mass is 10.3. The second kappa shape index (κ2) is 7.67. The van der Waals surface area contributed by atoms with Crippen LogP contribution in [-0.4, -0.2) is 28.8 Å². The van der Waals surface area contributed by atoms with Crippen molar-refractivity contribution in [3.05, 3.63) is 56.8 Å². The zero-order chi connectivity index (χ0) is 15.9. The Balaban J connectivity index is 1.89. The predicted octanol–water partition coefficient (Wildman–Crippen LogP) is 3.12. The number of carbonyl (C=O) groups excluding carboxylic acids is 1. The van der Waals surface area contributed by atoms with E-state index in [9.17, 15) is 14.9 Å². The van der Waals surface area contributed by atoms with Gasteiger partial charge in [-0.25, -0.2) is 0 Å². The molecular formula is C15H17N3O3S. The molecule has 22 heavy (non-hydrogen) atoms. The van der Waals surface area contributed by atoms with Crippen LogP contribution in [0.4, 0.5) is 11.4 Å². The summed E-state index contributed by atoms with van der Waals surface area (Å²) in [5.41, 5.74) is 0.564. The summed E-state index contributed by atoms with van der Waals surface area (Å²) in [6.45, 7) is 3.80. The normalized spacial score (nSPS) is 10.6. The maximum Gasteiger partial charge on any atom is 0.269 e. The lowest BCUT2D eigenvalue weighted by molar-refractivity contribution is -0.384. The SMILES string of the molecule is CCN(CC(=O)Nc1ccc([N+](=O)[O-])cc1)Cc1cccs1. The van der Waals surface area contributed by atoms with Crippen LogP contribution in [0.25, 0.3) is 0 Å². The highest BCUT2D eigenvalue weighted by Gasteiger charge is 2.11. The number of nitro groups is 1. The molecule has 0 saturated carbocycles. The van der Waals surface area contributed by atoms with E-state index in [4.69, 9.17) is 0 Å². The van der Waals surface area contributed by atoms with Crippen LogP contribution in [0.15, 0.2) is 41.8 Å². The summed E-state index contributed by atoms with van der Waals surface area (Å²) < 4.78 is 0. The van der Waals surface area contributed by atoms with Crippen molar-refractivity contribution in [2.45, 2.75) is 13.5 Å². The van der Waals surface area contributed by atoms with Crippen molar-refractivity contribution in [3.63, 3.8) is 0 Å². The van der Waals surface area contributed by atoms with Gasteiger partial charge < -0.3 is 5.32 Å². The zero-order valence-electron chi connectivity index (χ0n) is 12.2. The molecule has 0 aliphatic rings. The van der Waals surface area contributed by atoms with Crippen LogP contribution >= 0.6 is 11.3 Å². The number of non-ortho nitro benzene ring substituents is 1. The van der Waals surface area contributed by atoms with Crippen molar-refractivity contribution in [2.24, 2.45) is 0 Å². The second-order valence-corrected chi connectivity index (χ2v) is 5.77. The molecule has 1 aromatic carbocycles. The number of amides is 1. The van der Waals surface area contributed by atoms with Crippen LogP contribution in [0.2, 0.25) is 0 Å². The van der Waals surface area contributed by atoms with Crippen molar-refractivity contribution in [2.75, 3.05) is 18.4 Å². The highest BCUT2D eigenvalue weighted by molar-refractivity contribution is 7.09. The monoisotopic (exact) mass is 319 g/mol. The van der Waals surface area contributed by atoms with Gasteiger partial charge in [0.05, 0.1) is 11.5 Å². The number of anilines is 1. The molecule has 6 nitrogen and oxygen atoms in total. The van der Waals surface area contributed by atoms with Gasteiger partial charge in [-0.05, 0) is 30.1 Å². The topological polar surface area (TPSA) is 75.5 Å². The summed E-state index contributed by atoms with van der Waals surface area (Å²) in [4.78, 5) is 25.4. The number of hydrogen-bond acceptors (Lipinski definition) is 5. The molecule has 0 spiro atoms. The van der Waals surface area contributed by atoms with Gasteiger partial charge in [0.15, 0.2) is 0 Å². The van der Waals surface area contributed by atoms with Gasteiger partial charge in [-0.15, -0.1) is 11.3 Å². The average Bonchev–Trinajstić information content (AvgIpc) is 3.00. The molecule has 1 aromatic heterocycles. The van der Waals surface area contributed by atoms with Crippen molar-refractivity contribution in [3.8, 4) is 0 Å². The van der Waals surface area contributed by atoms with Gasteiger partial charge in [0.2, 0.25) is 5.91 Å². The van der Waals surface area contributed by atoms with Crippen molar-refractivity contribution in [1.29, 1.82) is 0 Å². The Bertz CT molecular complexity index is 626. The number of nitrogens with zero attached hydrogens (tertiary/aromatic N) is 2. The van der Waals surface area contributed by atoms with Crippen LogP contribution in [-0.2, 0) is 11.3 Å². The third-order valence-corrected chi connectivity index (χ3v) is 4.00. The van der Waals surface area contributed by atoms with E-state index < -0.39 is 4.92 Å². The summed E-state index contributed by atoms with van der Waals surface area (Å²) >= 11 is 1.66. The highest BCUT2D eigenvalue weighted by Crippen LogP contribution is 2.16. The van der Waals surface area contributed by atoms with E-state index in [1.54, 1.807) is 11.3 Å². The molecule has 0 saturated heterocycles. The van der Waals surface area contributed by atoms with Crippen LogP contribution in [0.3, 0.4) is 0 Å². The minimum Gasteiger partial charge on any atom is -0.325 e. The predicted molar refractivity (Wildman–Crippen MR) is 87.0 cm³/mol. The molecular weight excluding hydrogens is 302 g/mol. The zero-order valence-corrected chi connectivity index (χ0v) is 13.0. The molecule has 0 bridgehead atoms. The Kier molecular flexibility index (Phi) is 5.62. The average molecular weight is 319 g/mol. The third kappa shape index (κ3) is 4.64. The van der Waals surface area contributed by atoms with Crippen LogP contribution in [0.1, 0.15) is 11.8 Å². The van der Waals surface area contributed by atoms with Crippen molar-refractivity contribution in [1.82, 2.24) is 4.90 Å². The first-order valence-corrected chi connectivity index (χ1v) is 7.75. The summed E-state index contributed by atoms with van der Waals surface area (Å²) in [7, 11) is 0. The molecule has 7 heteroatoms. The molecule has 1 heterocycles. The van der Waals surface area contributed by atoms with Gasteiger partial charge in [0.25, 0.3) is 5.69 Å². The number of hydrogen-bond donors (Lipinski definition) is 1. The molecule has 0 radical (unpaired) electrons. The molecule has 0 fully saturated rings. The molecule has 2 rings (SSSR count). The van der Waals surface area contributed by atoms with E-state index in [-0.39, 0.29) is 18.1 Å². The number of carbonyl (C=O) groups is 1.